The maximum Gasteiger partial charge on any atom is 0.251 e. The minimum Gasteiger partial charge on any atom is -0.349 e. The van der Waals surface area contributed by atoms with E-state index in [1.807, 2.05) is 0 Å². The first kappa shape index (κ1) is 21.4. The molecule has 5 heteroatoms. The van der Waals surface area contributed by atoms with Crippen LogP contribution in [0.3, 0.4) is 0 Å². The fourth-order valence-corrected chi connectivity index (χ4v) is 3.48. The Bertz CT molecular complexity index is 565. The van der Waals surface area contributed by atoms with E-state index in [0.717, 1.165) is 31.5 Å². The summed E-state index contributed by atoms with van der Waals surface area (Å²) in [6.45, 7) is 3.40. The van der Waals surface area contributed by atoms with E-state index in [-0.39, 0.29) is 11.8 Å². The molecule has 0 aliphatic heterocycles. The number of amides is 2. The van der Waals surface area contributed by atoms with Gasteiger partial charge < -0.3 is 16.0 Å². The monoisotopic (exact) mass is 373 g/mol. The smallest absolute Gasteiger partial charge is 0.251 e. The van der Waals surface area contributed by atoms with Crippen molar-refractivity contribution in [3.05, 3.63) is 29.8 Å². The van der Waals surface area contributed by atoms with E-state index in [2.05, 4.69) is 22.9 Å². The zero-order valence-electron chi connectivity index (χ0n) is 16.7. The number of nitrogens with one attached hydrogen (secondary N) is 3. The minimum absolute atomic E-state index is 0.0236. The van der Waals surface area contributed by atoms with Gasteiger partial charge in [0, 0.05) is 17.3 Å². The molecule has 1 aliphatic carbocycles. The SMILES string of the molecule is CCCCCCCNCC(=O)Nc1ccc(C(=O)NC2CCCCC2)cc1. The highest BCUT2D eigenvalue weighted by Gasteiger charge is 2.16. The molecule has 2 amide bonds. The van der Waals surface area contributed by atoms with Gasteiger partial charge in [-0.2, -0.15) is 0 Å². The highest BCUT2D eigenvalue weighted by atomic mass is 16.2. The number of hydrogen-bond donors (Lipinski definition) is 3. The lowest BCUT2D eigenvalue weighted by Gasteiger charge is -2.22. The number of carbonyl (C=O) groups is 2. The maximum absolute atomic E-state index is 12.3. The summed E-state index contributed by atoms with van der Waals surface area (Å²) < 4.78 is 0. The summed E-state index contributed by atoms with van der Waals surface area (Å²) in [5.41, 5.74) is 1.36. The van der Waals surface area contributed by atoms with Gasteiger partial charge in [0.15, 0.2) is 0 Å². The van der Waals surface area contributed by atoms with Crippen molar-refractivity contribution in [3.63, 3.8) is 0 Å². The third kappa shape index (κ3) is 8.57. The number of benzene rings is 1. The molecule has 0 atom stereocenters. The zero-order valence-corrected chi connectivity index (χ0v) is 16.7. The Morgan fingerprint density at radius 3 is 2.37 bits per heavy atom. The molecule has 1 aromatic carbocycles. The molecule has 0 saturated heterocycles. The molecular formula is C22H35N3O2. The standard InChI is InChI=1S/C22H35N3O2/c1-2-3-4-5-9-16-23-17-21(26)24-20-14-12-18(13-15-20)22(27)25-19-10-7-6-8-11-19/h12-15,19,23H,2-11,16-17H2,1H3,(H,24,26)(H,25,27). The van der Waals surface area contributed by atoms with Crippen molar-refractivity contribution >= 4 is 17.5 Å². The van der Waals surface area contributed by atoms with Crippen LogP contribution in [0, 0.1) is 0 Å². The lowest BCUT2D eigenvalue weighted by Crippen LogP contribution is -2.36. The third-order valence-electron chi connectivity index (χ3n) is 5.11. The lowest BCUT2D eigenvalue weighted by atomic mass is 9.95. The summed E-state index contributed by atoms with van der Waals surface area (Å²) in [6, 6.07) is 7.43. The molecule has 2 rings (SSSR count). The molecule has 0 unspecified atom stereocenters. The highest BCUT2D eigenvalue weighted by Crippen LogP contribution is 2.18. The predicted molar refractivity (Wildman–Crippen MR) is 111 cm³/mol. The Hall–Kier alpha value is -1.88. The van der Waals surface area contributed by atoms with Crippen LogP contribution in [0.15, 0.2) is 24.3 Å². The van der Waals surface area contributed by atoms with E-state index in [0.29, 0.717) is 18.2 Å². The van der Waals surface area contributed by atoms with E-state index in [9.17, 15) is 9.59 Å². The van der Waals surface area contributed by atoms with Crippen LogP contribution in [-0.2, 0) is 4.79 Å². The quantitative estimate of drug-likeness (QED) is 0.508. The lowest BCUT2D eigenvalue weighted by molar-refractivity contribution is -0.115. The summed E-state index contributed by atoms with van der Waals surface area (Å²) in [7, 11) is 0. The van der Waals surface area contributed by atoms with Crippen LogP contribution in [0.4, 0.5) is 5.69 Å². The number of unbranched alkanes of at least 4 members (excludes halogenated alkanes) is 4. The fourth-order valence-electron chi connectivity index (χ4n) is 3.48. The molecule has 0 radical (unpaired) electrons. The number of rotatable bonds is 11. The molecule has 1 saturated carbocycles. The summed E-state index contributed by atoms with van der Waals surface area (Å²) in [4.78, 5) is 24.3. The second kappa shape index (κ2) is 12.5. The second-order valence-corrected chi connectivity index (χ2v) is 7.52. The van der Waals surface area contributed by atoms with Crippen molar-refractivity contribution in [2.24, 2.45) is 0 Å². The molecule has 0 spiro atoms. The normalized spacial score (nSPS) is 14.7. The largest absolute Gasteiger partial charge is 0.349 e. The topological polar surface area (TPSA) is 70.2 Å². The molecule has 3 N–H and O–H groups in total. The fraction of sp³-hybridized carbons (Fsp3) is 0.636. The van der Waals surface area contributed by atoms with Crippen LogP contribution in [0.25, 0.3) is 0 Å². The van der Waals surface area contributed by atoms with Crippen LogP contribution in [0.1, 0.15) is 81.5 Å². The van der Waals surface area contributed by atoms with Crippen molar-refractivity contribution in [1.29, 1.82) is 0 Å². The highest BCUT2D eigenvalue weighted by molar-refractivity contribution is 5.96. The van der Waals surface area contributed by atoms with Crippen LogP contribution in [-0.4, -0.2) is 30.9 Å². The molecule has 1 aliphatic rings. The average Bonchev–Trinajstić information content (AvgIpc) is 2.68. The first-order chi connectivity index (χ1) is 13.2. The Morgan fingerprint density at radius 1 is 0.963 bits per heavy atom. The van der Waals surface area contributed by atoms with Crippen LogP contribution in [0.5, 0.6) is 0 Å². The van der Waals surface area contributed by atoms with Crippen molar-refractivity contribution in [2.45, 2.75) is 77.2 Å². The Balaban J connectivity index is 1.65. The predicted octanol–water partition coefficient (Wildman–Crippen LogP) is 4.25. The Labute approximate surface area is 163 Å². The van der Waals surface area contributed by atoms with Gasteiger partial charge >= 0.3 is 0 Å². The van der Waals surface area contributed by atoms with Gasteiger partial charge in [0.1, 0.15) is 0 Å². The van der Waals surface area contributed by atoms with Crippen LogP contribution >= 0.6 is 0 Å². The van der Waals surface area contributed by atoms with Gasteiger partial charge in [-0.15, -0.1) is 0 Å². The van der Waals surface area contributed by atoms with E-state index >= 15 is 0 Å². The maximum atomic E-state index is 12.3. The van der Waals surface area contributed by atoms with Gasteiger partial charge in [0.25, 0.3) is 5.91 Å². The van der Waals surface area contributed by atoms with Gasteiger partial charge in [0.05, 0.1) is 6.54 Å². The van der Waals surface area contributed by atoms with E-state index < -0.39 is 0 Å². The number of anilines is 1. The van der Waals surface area contributed by atoms with Crippen molar-refractivity contribution in [3.8, 4) is 0 Å². The molecule has 1 fully saturated rings. The molecule has 1 aromatic rings. The summed E-state index contributed by atoms with van der Waals surface area (Å²) >= 11 is 0. The minimum atomic E-state index is -0.0528. The zero-order chi connectivity index (χ0) is 19.3. The van der Waals surface area contributed by atoms with Crippen molar-refractivity contribution < 1.29 is 9.59 Å². The number of carbonyl (C=O) groups excluding carboxylic acids is 2. The van der Waals surface area contributed by atoms with Gasteiger partial charge in [-0.05, 0) is 50.1 Å². The molecule has 150 valence electrons. The first-order valence-electron chi connectivity index (χ1n) is 10.6. The summed E-state index contributed by atoms with van der Waals surface area (Å²) in [5, 5.41) is 9.16. The molecule has 0 bridgehead atoms. The van der Waals surface area contributed by atoms with E-state index in [1.54, 1.807) is 24.3 Å². The van der Waals surface area contributed by atoms with E-state index in [1.165, 1.54) is 44.9 Å². The average molecular weight is 374 g/mol. The molecule has 0 heterocycles. The van der Waals surface area contributed by atoms with Gasteiger partial charge in [-0.3, -0.25) is 9.59 Å². The third-order valence-corrected chi connectivity index (χ3v) is 5.11. The van der Waals surface area contributed by atoms with Crippen molar-refractivity contribution in [2.75, 3.05) is 18.4 Å². The summed E-state index contributed by atoms with van der Waals surface area (Å²) in [5.74, 6) is -0.0764. The van der Waals surface area contributed by atoms with Gasteiger partial charge in [-0.25, -0.2) is 0 Å². The first-order valence-corrected chi connectivity index (χ1v) is 10.6. The molecule has 27 heavy (non-hydrogen) atoms. The molecule has 0 aromatic heterocycles. The Morgan fingerprint density at radius 2 is 1.67 bits per heavy atom. The molecule has 5 nitrogen and oxygen atoms in total. The summed E-state index contributed by atoms with van der Waals surface area (Å²) in [6.07, 6.45) is 11.9. The second-order valence-electron chi connectivity index (χ2n) is 7.52. The van der Waals surface area contributed by atoms with Crippen LogP contribution in [0.2, 0.25) is 0 Å². The van der Waals surface area contributed by atoms with Crippen LogP contribution < -0.4 is 16.0 Å². The number of hydrogen-bond acceptors (Lipinski definition) is 3. The van der Waals surface area contributed by atoms with Gasteiger partial charge in [0.2, 0.25) is 5.91 Å². The molecular weight excluding hydrogens is 338 g/mol. The van der Waals surface area contributed by atoms with Crippen molar-refractivity contribution in [1.82, 2.24) is 10.6 Å². The van der Waals surface area contributed by atoms with E-state index in [4.69, 9.17) is 0 Å². The Kier molecular flexibility index (Phi) is 9.91. The van der Waals surface area contributed by atoms with Gasteiger partial charge in [-0.1, -0.05) is 51.9 Å².